The van der Waals surface area contributed by atoms with E-state index in [1.165, 1.54) is 5.06 Å². The normalized spacial score (nSPS) is 11.4. The van der Waals surface area contributed by atoms with Crippen LogP contribution < -0.4 is 5.73 Å². The van der Waals surface area contributed by atoms with Crippen molar-refractivity contribution in [3.8, 4) is 0 Å². The Morgan fingerprint density at radius 3 is 2.35 bits per heavy atom. The predicted molar refractivity (Wildman–Crippen MR) is 80.4 cm³/mol. The minimum atomic E-state index is -0.922. The van der Waals surface area contributed by atoms with Crippen LogP contribution >= 0.6 is 11.8 Å². The number of amides is 1. The van der Waals surface area contributed by atoms with Crippen molar-refractivity contribution in [2.45, 2.75) is 45.6 Å². The van der Waals surface area contributed by atoms with Crippen LogP contribution in [0, 0.1) is 0 Å². The van der Waals surface area contributed by atoms with E-state index in [9.17, 15) is 9.59 Å². The molecule has 0 spiro atoms. The number of nitrogens with two attached hydrogens (primary N) is 1. The summed E-state index contributed by atoms with van der Waals surface area (Å²) in [6.45, 7) is 6.76. The predicted octanol–water partition coefficient (Wildman–Crippen LogP) is 1.49. The van der Waals surface area contributed by atoms with Gasteiger partial charge < -0.3 is 10.8 Å². The van der Waals surface area contributed by atoms with Gasteiger partial charge in [0.05, 0.1) is 17.1 Å². The van der Waals surface area contributed by atoms with Gasteiger partial charge in [-0.15, -0.1) is 11.8 Å². The van der Waals surface area contributed by atoms with Gasteiger partial charge in [0.15, 0.2) is 0 Å². The lowest BCUT2D eigenvalue weighted by molar-refractivity contribution is -0.225. The Morgan fingerprint density at radius 2 is 1.85 bits per heavy atom. The zero-order valence-electron chi connectivity index (χ0n) is 12.6. The summed E-state index contributed by atoms with van der Waals surface area (Å²) in [7, 11) is 0. The quantitative estimate of drug-likeness (QED) is 0.469. The maximum atomic E-state index is 12.0. The summed E-state index contributed by atoms with van der Waals surface area (Å²) in [6, 6.07) is 0. The first-order valence-electron chi connectivity index (χ1n) is 6.75. The SMILES string of the molecule is CC(C)(C)ON(CCCCCN)C(=O)CSCC(=O)O. The van der Waals surface area contributed by atoms with Gasteiger partial charge >= 0.3 is 5.97 Å². The minimum Gasteiger partial charge on any atom is -0.481 e. The molecule has 0 saturated carbocycles. The van der Waals surface area contributed by atoms with Crippen molar-refractivity contribution >= 4 is 23.6 Å². The van der Waals surface area contributed by atoms with E-state index in [-0.39, 0.29) is 17.4 Å². The van der Waals surface area contributed by atoms with Crippen molar-refractivity contribution in [2.75, 3.05) is 24.6 Å². The summed E-state index contributed by atoms with van der Waals surface area (Å²) in [5.74, 6) is -1.09. The molecule has 0 atom stereocenters. The van der Waals surface area contributed by atoms with Gasteiger partial charge in [-0.3, -0.25) is 14.4 Å². The van der Waals surface area contributed by atoms with E-state index in [1.807, 2.05) is 20.8 Å². The van der Waals surface area contributed by atoms with E-state index in [0.29, 0.717) is 13.1 Å². The first-order valence-corrected chi connectivity index (χ1v) is 7.91. The van der Waals surface area contributed by atoms with E-state index in [4.69, 9.17) is 15.7 Å². The molecule has 118 valence electrons. The molecule has 0 aliphatic rings. The zero-order chi connectivity index (χ0) is 15.6. The Labute approximate surface area is 125 Å². The average Bonchev–Trinajstić information content (AvgIpc) is 2.31. The van der Waals surface area contributed by atoms with Crippen LogP contribution in [0.3, 0.4) is 0 Å². The van der Waals surface area contributed by atoms with Crippen LogP contribution in [0.25, 0.3) is 0 Å². The third-order valence-electron chi connectivity index (χ3n) is 2.18. The lowest BCUT2D eigenvalue weighted by Crippen LogP contribution is -2.40. The maximum absolute atomic E-state index is 12.0. The van der Waals surface area contributed by atoms with Gasteiger partial charge in [-0.1, -0.05) is 6.42 Å². The van der Waals surface area contributed by atoms with Crippen molar-refractivity contribution in [1.29, 1.82) is 0 Å². The summed E-state index contributed by atoms with van der Waals surface area (Å²) in [5, 5.41) is 9.92. The lowest BCUT2D eigenvalue weighted by Gasteiger charge is -2.29. The number of unbranched alkanes of at least 4 members (excludes halogenated alkanes) is 2. The van der Waals surface area contributed by atoms with Crippen molar-refractivity contribution in [3.63, 3.8) is 0 Å². The Morgan fingerprint density at radius 1 is 1.20 bits per heavy atom. The molecule has 1 amide bonds. The highest BCUT2D eigenvalue weighted by molar-refractivity contribution is 8.00. The Hall–Kier alpha value is -0.790. The number of nitrogens with zero attached hydrogens (tertiary/aromatic N) is 1. The molecule has 20 heavy (non-hydrogen) atoms. The molecule has 0 aromatic heterocycles. The fraction of sp³-hybridized carbons (Fsp3) is 0.846. The average molecular weight is 306 g/mol. The highest BCUT2D eigenvalue weighted by Crippen LogP contribution is 2.13. The number of hydroxylamine groups is 2. The second kappa shape index (κ2) is 10.0. The van der Waals surface area contributed by atoms with Crippen molar-refractivity contribution in [3.05, 3.63) is 0 Å². The first-order chi connectivity index (χ1) is 9.26. The Bertz CT molecular complexity index is 305. The number of aliphatic carboxylic acids is 1. The summed E-state index contributed by atoms with van der Waals surface area (Å²) in [4.78, 5) is 28.1. The van der Waals surface area contributed by atoms with Gasteiger partial charge in [0.2, 0.25) is 0 Å². The van der Waals surface area contributed by atoms with Gasteiger partial charge in [-0.2, -0.15) is 0 Å². The molecule has 0 saturated heterocycles. The lowest BCUT2D eigenvalue weighted by atomic mass is 10.2. The van der Waals surface area contributed by atoms with Gasteiger partial charge in [-0.05, 0) is 40.2 Å². The molecule has 0 aliphatic heterocycles. The highest BCUT2D eigenvalue weighted by Gasteiger charge is 2.21. The highest BCUT2D eigenvalue weighted by atomic mass is 32.2. The Kier molecular flexibility index (Phi) is 9.62. The molecule has 7 heteroatoms. The van der Waals surface area contributed by atoms with Gasteiger partial charge in [0, 0.05) is 6.54 Å². The van der Waals surface area contributed by atoms with Crippen LogP contribution in [0.1, 0.15) is 40.0 Å². The fourth-order valence-corrected chi connectivity index (χ4v) is 2.02. The number of carbonyl (C=O) groups excluding carboxylic acids is 1. The van der Waals surface area contributed by atoms with E-state index >= 15 is 0 Å². The number of thioether (sulfide) groups is 1. The topological polar surface area (TPSA) is 92.9 Å². The summed E-state index contributed by atoms with van der Waals surface area (Å²) in [6.07, 6.45) is 2.68. The second-order valence-electron chi connectivity index (χ2n) is 5.44. The molecule has 0 heterocycles. The van der Waals surface area contributed by atoms with E-state index in [2.05, 4.69) is 0 Å². The molecule has 6 nitrogen and oxygen atoms in total. The fourth-order valence-electron chi connectivity index (χ4n) is 1.43. The van der Waals surface area contributed by atoms with Crippen LogP contribution in [0.2, 0.25) is 0 Å². The molecule has 0 aromatic rings. The van der Waals surface area contributed by atoms with Crippen molar-refractivity contribution in [2.24, 2.45) is 5.73 Å². The summed E-state index contributed by atoms with van der Waals surface area (Å²) >= 11 is 1.08. The van der Waals surface area contributed by atoms with Crippen molar-refractivity contribution < 1.29 is 19.5 Å². The molecule has 3 N–H and O–H groups in total. The number of carboxylic acid groups (broad SMARTS) is 1. The van der Waals surface area contributed by atoms with Crippen LogP contribution in [-0.2, 0) is 14.4 Å². The largest absolute Gasteiger partial charge is 0.481 e. The minimum absolute atomic E-state index is 0.0811. The molecule has 0 aromatic carbocycles. The number of carboxylic acids is 1. The monoisotopic (exact) mass is 306 g/mol. The molecule has 0 aliphatic carbocycles. The first kappa shape index (κ1) is 19.2. The van der Waals surface area contributed by atoms with E-state index < -0.39 is 11.6 Å². The third-order valence-corrected chi connectivity index (χ3v) is 3.08. The maximum Gasteiger partial charge on any atom is 0.313 e. The standard InChI is InChI=1S/C13H26N2O4S/c1-13(2,3)19-15(8-6-4-5-7-14)11(16)9-20-10-12(17)18/h4-10,14H2,1-3H3,(H,17,18). The van der Waals surface area contributed by atoms with Crippen LogP contribution in [0.4, 0.5) is 0 Å². The van der Waals surface area contributed by atoms with Gasteiger partial charge in [0.25, 0.3) is 5.91 Å². The number of hydrogen-bond acceptors (Lipinski definition) is 5. The second-order valence-corrected chi connectivity index (χ2v) is 6.42. The number of hydrogen-bond donors (Lipinski definition) is 2. The Balaban J connectivity index is 4.27. The molecule has 0 rings (SSSR count). The van der Waals surface area contributed by atoms with Crippen LogP contribution in [0.5, 0.6) is 0 Å². The molecule has 0 unspecified atom stereocenters. The molecule has 0 radical (unpaired) electrons. The smallest absolute Gasteiger partial charge is 0.313 e. The van der Waals surface area contributed by atoms with Gasteiger partial charge in [-0.25, -0.2) is 5.06 Å². The molecular weight excluding hydrogens is 280 g/mol. The van der Waals surface area contributed by atoms with Crippen LogP contribution in [-0.4, -0.2) is 52.2 Å². The van der Waals surface area contributed by atoms with E-state index in [1.54, 1.807) is 0 Å². The zero-order valence-corrected chi connectivity index (χ0v) is 13.4. The number of carbonyl (C=O) groups is 2. The third kappa shape index (κ3) is 11.1. The van der Waals surface area contributed by atoms with E-state index in [0.717, 1.165) is 31.0 Å². The molecule has 0 fully saturated rings. The molecular formula is C13H26N2O4S. The van der Waals surface area contributed by atoms with Crippen LogP contribution in [0.15, 0.2) is 0 Å². The summed E-state index contributed by atoms with van der Waals surface area (Å²) < 4.78 is 0. The van der Waals surface area contributed by atoms with Crippen molar-refractivity contribution in [1.82, 2.24) is 5.06 Å². The van der Waals surface area contributed by atoms with Gasteiger partial charge in [0.1, 0.15) is 0 Å². The number of rotatable bonds is 10. The summed E-state index contributed by atoms with van der Waals surface area (Å²) in [5.41, 5.74) is 4.97. The molecule has 0 bridgehead atoms.